The summed E-state index contributed by atoms with van der Waals surface area (Å²) in [4.78, 5) is 23.2. The van der Waals surface area contributed by atoms with E-state index in [4.69, 9.17) is 16.7 Å². The van der Waals surface area contributed by atoms with Crippen LogP contribution in [0.25, 0.3) is 0 Å². The van der Waals surface area contributed by atoms with Crippen LogP contribution < -0.4 is 5.32 Å². The second-order valence-electron chi connectivity index (χ2n) is 4.91. The molecule has 1 aliphatic rings. The van der Waals surface area contributed by atoms with E-state index in [0.29, 0.717) is 23.6 Å². The fourth-order valence-corrected chi connectivity index (χ4v) is 2.71. The van der Waals surface area contributed by atoms with Crippen molar-refractivity contribution < 1.29 is 14.7 Å². The van der Waals surface area contributed by atoms with Gasteiger partial charge in [-0.15, -0.1) is 0 Å². The lowest BCUT2D eigenvalue weighted by molar-refractivity contribution is -0.145. The van der Waals surface area contributed by atoms with Crippen molar-refractivity contribution >= 4 is 29.2 Å². The van der Waals surface area contributed by atoms with Crippen LogP contribution in [0, 0.1) is 18.8 Å². The van der Waals surface area contributed by atoms with Crippen molar-refractivity contribution in [3.05, 3.63) is 28.8 Å². The van der Waals surface area contributed by atoms with Gasteiger partial charge < -0.3 is 10.4 Å². The van der Waals surface area contributed by atoms with Crippen molar-refractivity contribution in [3.8, 4) is 0 Å². The fourth-order valence-electron chi connectivity index (χ4n) is 2.54. The number of rotatable bonds is 3. The number of halogens is 1. The second kappa shape index (κ2) is 5.61. The number of carboxylic acid groups (broad SMARTS) is 1. The molecule has 102 valence electrons. The van der Waals surface area contributed by atoms with Gasteiger partial charge in [-0.25, -0.2) is 0 Å². The van der Waals surface area contributed by atoms with Gasteiger partial charge in [-0.3, -0.25) is 9.59 Å². The summed E-state index contributed by atoms with van der Waals surface area (Å²) in [6.45, 7) is 1.85. The molecule has 0 heterocycles. The van der Waals surface area contributed by atoms with E-state index in [-0.39, 0.29) is 5.91 Å². The summed E-state index contributed by atoms with van der Waals surface area (Å²) in [5.74, 6) is -2.19. The van der Waals surface area contributed by atoms with E-state index in [1.807, 2.05) is 13.0 Å². The molecule has 0 radical (unpaired) electrons. The predicted molar refractivity (Wildman–Crippen MR) is 73.3 cm³/mol. The quantitative estimate of drug-likeness (QED) is 0.895. The first-order valence-corrected chi connectivity index (χ1v) is 6.67. The summed E-state index contributed by atoms with van der Waals surface area (Å²) < 4.78 is 0. The molecule has 4 nitrogen and oxygen atoms in total. The maximum Gasteiger partial charge on any atom is 0.307 e. The zero-order chi connectivity index (χ0) is 14.0. The maximum atomic E-state index is 12.2. The van der Waals surface area contributed by atoms with Crippen molar-refractivity contribution in [2.75, 3.05) is 5.32 Å². The van der Waals surface area contributed by atoms with Gasteiger partial charge in [0.2, 0.25) is 5.91 Å². The Labute approximate surface area is 116 Å². The predicted octanol–water partition coefficient (Wildman–Crippen LogP) is 3.09. The van der Waals surface area contributed by atoms with Crippen LogP contribution in [0.2, 0.25) is 5.02 Å². The van der Waals surface area contributed by atoms with Gasteiger partial charge in [0.1, 0.15) is 0 Å². The normalized spacial score (nSPS) is 22.2. The zero-order valence-electron chi connectivity index (χ0n) is 10.6. The highest BCUT2D eigenvalue weighted by atomic mass is 35.5. The molecule has 1 aromatic carbocycles. The van der Waals surface area contributed by atoms with E-state index in [9.17, 15) is 9.59 Å². The third-order valence-electron chi connectivity index (χ3n) is 3.62. The summed E-state index contributed by atoms with van der Waals surface area (Å²) in [6, 6.07) is 5.38. The third-order valence-corrected chi connectivity index (χ3v) is 4.12. The molecule has 0 saturated heterocycles. The second-order valence-corrected chi connectivity index (χ2v) is 5.29. The van der Waals surface area contributed by atoms with Gasteiger partial charge >= 0.3 is 5.97 Å². The van der Waals surface area contributed by atoms with Crippen molar-refractivity contribution in [1.29, 1.82) is 0 Å². The molecular formula is C14H16ClNO3. The van der Waals surface area contributed by atoms with Gasteiger partial charge in [-0.1, -0.05) is 30.2 Å². The zero-order valence-corrected chi connectivity index (χ0v) is 11.4. The number of hydrogen-bond acceptors (Lipinski definition) is 2. The molecule has 0 aliphatic heterocycles. The molecule has 19 heavy (non-hydrogen) atoms. The number of aliphatic carboxylic acids is 1. The fraction of sp³-hybridized carbons (Fsp3) is 0.429. The molecule has 1 aliphatic carbocycles. The lowest BCUT2D eigenvalue weighted by Crippen LogP contribution is -2.30. The van der Waals surface area contributed by atoms with Gasteiger partial charge in [0.25, 0.3) is 0 Å². The largest absolute Gasteiger partial charge is 0.481 e. The molecule has 2 unspecified atom stereocenters. The first kappa shape index (κ1) is 13.9. The summed E-state index contributed by atoms with van der Waals surface area (Å²) in [7, 11) is 0. The molecule has 0 spiro atoms. The molecule has 2 rings (SSSR count). The van der Waals surface area contributed by atoms with Crippen LogP contribution in [0.1, 0.15) is 24.8 Å². The summed E-state index contributed by atoms with van der Waals surface area (Å²) >= 11 is 6.11. The SMILES string of the molecule is Cc1cccc(NC(=O)C2CCCC2C(=O)O)c1Cl. The summed E-state index contributed by atoms with van der Waals surface area (Å²) in [5, 5.41) is 12.3. The molecule has 5 heteroatoms. The van der Waals surface area contributed by atoms with Crippen LogP contribution in [-0.4, -0.2) is 17.0 Å². The molecule has 1 amide bonds. The smallest absolute Gasteiger partial charge is 0.307 e. The third kappa shape index (κ3) is 2.89. The number of amides is 1. The number of carboxylic acids is 1. The van der Waals surface area contributed by atoms with Crippen LogP contribution in [0.5, 0.6) is 0 Å². The molecular weight excluding hydrogens is 266 g/mol. The summed E-state index contributed by atoms with van der Waals surface area (Å²) in [6.07, 6.45) is 1.96. The molecule has 2 atom stereocenters. The number of carbonyl (C=O) groups is 2. The number of nitrogens with one attached hydrogen (secondary N) is 1. The molecule has 1 saturated carbocycles. The molecule has 0 aromatic heterocycles. The van der Waals surface area contributed by atoms with Crippen LogP contribution in [-0.2, 0) is 9.59 Å². The van der Waals surface area contributed by atoms with Crippen LogP contribution >= 0.6 is 11.6 Å². The molecule has 2 N–H and O–H groups in total. The highest BCUT2D eigenvalue weighted by Crippen LogP contribution is 2.34. The van der Waals surface area contributed by atoms with E-state index in [2.05, 4.69) is 5.32 Å². The first-order valence-electron chi connectivity index (χ1n) is 6.29. The van der Waals surface area contributed by atoms with E-state index < -0.39 is 17.8 Å². The Hall–Kier alpha value is -1.55. The Morgan fingerprint density at radius 1 is 1.32 bits per heavy atom. The Kier molecular flexibility index (Phi) is 4.10. The molecule has 1 fully saturated rings. The lowest BCUT2D eigenvalue weighted by Gasteiger charge is -2.16. The maximum absolute atomic E-state index is 12.2. The van der Waals surface area contributed by atoms with Crippen LogP contribution in [0.15, 0.2) is 18.2 Å². The average Bonchev–Trinajstić information content (AvgIpc) is 2.84. The van der Waals surface area contributed by atoms with Gasteiger partial charge in [-0.05, 0) is 31.4 Å². The minimum atomic E-state index is -0.895. The first-order chi connectivity index (χ1) is 9.00. The van der Waals surface area contributed by atoms with Gasteiger partial charge in [0.05, 0.1) is 22.5 Å². The van der Waals surface area contributed by atoms with Crippen molar-refractivity contribution in [3.63, 3.8) is 0 Å². The number of benzene rings is 1. The lowest BCUT2D eigenvalue weighted by atomic mass is 9.95. The standard InChI is InChI=1S/C14H16ClNO3/c1-8-4-2-7-11(12(8)15)16-13(17)9-5-3-6-10(9)14(18)19/h2,4,7,9-10H,3,5-6H2,1H3,(H,16,17)(H,18,19). The van der Waals surface area contributed by atoms with Crippen molar-refractivity contribution in [1.82, 2.24) is 0 Å². The minimum Gasteiger partial charge on any atom is -0.481 e. The Balaban J connectivity index is 2.13. The minimum absolute atomic E-state index is 0.252. The molecule has 0 bridgehead atoms. The number of carbonyl (C=O) groups excluding carboxylic acids is 1. The number of aryl methyl sites for hydroxylation is 1. The van der Waals surface area contributed by atoms with Crippen LogP contribution in [0.3, 0.4) is 0 Å². The van der Waals surface area contributed by atoms with Gasteiger partial charge in [0.15, 0.2) is 0 Å². The van der Waals surface area contributed by atoms with Gasteiger partial charge in [-0.2, -0.15) is 0 Å². The van der Waals surface area contributed by atoms with E-state index in [1.54, 1.807) is 12.1 Å². The number of hydrogen-bond donors (Lipinski definition) is 2. The van der Waals surface area contributed by atoms with E-state index in [1.165, 1.54) is 0 Å². The van der Waals surface area contributed by atoms with Crippen molar-refractivity contribution in [2.45, 2.75) is 26.2 Å². The van der Waals surface area contributed by atoms with Crippen molar-refractivity contribution in [2.24, 2.45) is 11.8 Å². The topological polar surface area (TPSA) is 66.4 Å². The Morgan fingerprint density at radius 2 is 2.00 bits per heavy atom. The Morgan fingerprint density at radius 3 is 2.68 bits per heavy atom. The Bertz CT molecular complexity index is 515. The highest BCUT2D eigenvalue weighted by Gasteiger charge is 2.37. The summed E-state index contributed by atoms with van der Waals surface area (Å²) in [5.41, 5.74) is 1.42. The molecule has 1 aromatic rings. The average molecular weight is 282 g/mol. The monoisotopic (exact) mass is 281 g/mol. The van der Waals surface area contributed by atoms with E-state index >= 15 is 0 Å². The van der Waals surface area contributed by atoms with E-state index in [0.717, 1.165) is 12.0 Å². The number of anilines is 1. The highest BCUT2D eigenvalue weighted by molar-refractivity contribution is 6.34. The van der Waals surface area contributed by atoms with Crippen LogP contribution in [0.4, 0.5) is 5.69 Å². The van der Waals surface area contributed by atoms with Gasteiger partial charge in [0, 0.05) is 0 Å².